The van der Waals surface area contributed by atoms with Crippen molar-refractivity contribution in [1.29, 1.82) is 0 Å². The van der Waals surface area contributed by atoms with Crippen molar-refractivity contribution in [3.05, 3.63) is 23.5 Å². The molecule has 2 N–H and O–H groups in total. The summed E-state index contributed by atoms with van der Waals surface area (Å²) >= 11 is 0. The van der Waals surface area contributed by atoms with Gasteiger partial charge < -0.3 is 10.6 Å². The average molecular weight is 222 g/mol. The molecule has 16 heavy (non-hydrogen) atoms. The smallest absolute Gasteiger partial charge is 0.148 e. The van der Waals surface area contributed by atoms with Gasteiger partial charge in [0.2, 0.25) is 0 Å². The Morgan fingerprint density at radius 1 is 1.31 bits per heavy atom. The maximum absolute atomic E-state index is 13.8. The standard InChI is InChI=1S/C13H19FN2/c1-9-3-5-16(6-4-9)13-7-10(2)12(15)8-11(13)14/h7-9H,3-6,15H2,1-2H3. The summed E-state index contributed by atoms with van der Waals surface area (Å²) < 4.78 is 13.8. The Morgan fingerprint density at radius 2 is 1.94 bits per heavy atom. The van der Waals surface area contributed by atoms with E-state index in [2.05, 4.69) is 11.8 Å². The van der Waals surface area contributed by atoms with Crippen LogP contribution in [0.4, 0.5) is 15.8 Å². The minimum atomic E-state index is -0.197. The van der Waals surface area contributed by atoms with E-state index in [1.165, 1.54) is 6.07 Å². The van der Waals surface area contributed by atoms with Crippen LogP contribution in [0.25, 0.3) is 0 Å². The van der Waals surface area contributed by atoms with Crippen LogP contribution in [0, 0.1) is 18.7 Å². The minimum Gasteiger partial charge on any atom is -0.398 e. The van der Waals surface area contributed by atoms with Crippen LogP contribution in [0.3, 0.4) is 0 Å². The molecule has 0 atom stereocenters. The van der Waals surface area contributed by atoms with Gasteiger partial charge in [-0.15, -0.1) is 0 Å². The lowest BCUT2D eigenvalue weighted by molar-refractivity contribution is 0.434. The fraction of sp³-hybridized carbons (Fsp3) is 0.538. The topological polar surface area (TPSA) is 29.3 Å². The molecule has 0 spiro atoms. The summed E-state index contributed by atoms with van der Waals surface area (Å²) in [5, 5.41) is 0. The molecule has 0 saturated carbocycles. The van der Waals surface area contributed by atoms with E-state index in [9.17, 15) is 4.39 Å². The summed E-state index contributed by atoms with van der Waals surface area (Å²) in [4.78, 5) is 2.13. The van der Waals surface area contributed by atoms with Crippen LogP contribution in [-0.2, 0) is 0 Å². The number of rotatable bonds is 1. The zero-order valence-corrected chi connectivity index (χ0v) is 9.96. The number of aryl methyl sites for hydroxylation is 1. The van der Waals surface area contributed by atoms with Crippen LogP contribution in [-0.4, -0.2) is 13.1 Å². The quantitative estimate of drug-likeness (QED) is 0.740. The average Bonchev–Trinajstić information content (AvgIpc) is 2.25. The van der Waals surface area contributed by atoms with Crippen molar-refractivity contribution in [2.75, 3.05) is 23.7 Å². The molecule has 1 aliphatic heterocycles. The van der Waals surface area contributed by atoms with Crippen LogP contribution in [0.2, 0.25) is 0 Å². The number of nitrogens with zero attached hydrogens (tertiary/aromatic N) is 1. The Bertz CT molecular complexity index is 382. The SMILES string of the molecule is Cc1cc(N2CCC(C)CC2)c(F)cc1N. The molecule has 0 amide bonds. The van der Waals surface area contributed by atoms with Gasteiger partial charge in [0.15, 0.2) is 0 Å². The number of piperidine rings is 1. The van der Waals surface area contributed by atoms with Gasteiger partial charge in [-0.3, -0.25) is 0 Å². The Hall–Kier alpha value is -1.25. The zero-order chi connectivity index (χ0) is 11.7. The second kappa shape index (κ2) is 4.32. The lowest BCUT2D eigenvalue weighted by Crippen LogP contribution is -2.33. The largest absolute Gasteiger partial charge is 0.398 e. The summed E-state index contributed by atoms with van der Waals surface area (Å²) in [6, 6.07) is 3.29. The van der Waals surface area contributed by atoms with E-state index >= 15 is 0 Å². The Balaban J connectivity index is 2.23. The molecule has 0 aromatic heterocycles. The Morgan fingerprint density at radius 3 is 2.56 bits per heavy atom. The van der Waals surface area contributed by atoms with Gasteiger partial charge >= 0.3 is 0 Å². The van der Waals surface area contributed by atoms with Crippen LogP contribution >= 0.6 is 0 Å². The van der Waals surface area contributed by atoms with Gasteiger partial charge in [-0.1, -0.05) is 6.92 Å². The summed E-state index contributed by atoms with van der Waals surface area (Å²) in [7, 11) is 0. The van der Waals surface area contributed by atoms with Gasteiger partial charge in [0.05, 0.1) is 5.69 Å². The number of hydrogen-bond donors (Lipinski definition) is 1. The van der Waals surface area contributed by atoms with Gasteiger partial charge in [0.1, 0.15) is 5.82 Å². The van der Waals surface area contributed by atoms with Gasteiger partial charge in [0, 0.05) is 18.8 Å². The van der Waals surface area contributed by atoms with E-state index in [-0.39, 0.29) is 5.82 Å². The molecule has 0 aliphatic carbocycles. The molecule has 1 saturated heterocycles. The number of hydrogen-bond acceptors (Lipinski definition) is 2. The molecular formula is C13H19FN2. The van der Waals surface area contributed by atoms with Crippen LogP contribution in [0.15, 0.2) is 12.1 Å². The highest BCUT2D eigenvalue weighted by Gasteiger charge is 2.19. The van der Waals surface area contributed by atoms with Crippen molar-refractivity contribution in [2.45, 2.75) is 26.7 Å². The highest BCUT2D eigenvalue weighted by atomic mass is 19.1. The first-order valence-electron chi connectivity index (χ1n) is 5.88. The molecule has 0 unspecified atom stereocenters. The Labute approximate surface area is 96.2 Å². The van der Waals surface area contributed by atoms with E-state index < -0.39 is 0 Å². The summed E-state index contributed by atoms with van der Waals surface area (Å²) in [5.41, 5.74) is 7.88. The van der Waals surface area contributed by atoms with Crippen LogP contribution in [0.5, 0.6) is 0 Å². The zero-order valence-electron chi connectivity index (χ0n) is 9.96. The first kappa shape index (κ1) is 11.2. The van der Waals surface area contributed by atoms with Gasteiger partial charge in [-0.25, -0.2) is 4.39 Å². The fourth-order valence-electron chi connectivity index (χ4n) is 2.17. The molecule has 0 bridgehead atoms. The number of nitrogen functional groups attached to an aromatic ring is 1. The van der Waals surface area contributed by atoms with E-state index in [4.69, 9.17) is 5.73 Å². The van der Waals surface area contributed by atoms with Crippen molar-refractivity contribution in [1.82, 2.24) is 0 Å². The van der Waals surface area contributed by atoms with Gasteiger partial charge in [-0.2, -0.15) is 0 Å². The van der Waals surface area contributed by atoms with Crippen LogP contribution in [0.1, 0.15) is 25.3 Å². The van der Waals surface area contributed by atoms with E-state index in [1.54, 1.807) is 0 Å². The first-order chi connectivity index (χ1) is 7.58. The third-order valence-corrected chi connectivity index (χ3v) is 3.46. The van der Waals surface area contributed by atoms with Crippen molar-refractivity contribution >= 4 is 11.4 Å². The highest BCUT2D eigenvalue weighted by molar-refractivity contribution is 5.59. The molecular weight excluding hydrogens is 203 g/mol. The monoisotopic (exact) mass is 222 g/mol. The van der Waals surface area contributed by atoms with Crippen molar-refractivity contribution in [2.24, 2.45) is 5.92 Å². The lowest BCUT2D eigenvalue weighted by atomic mass is 9.98. The fourth-order valence-corrected chi connectivity index (χ4v) is 2.17. The molecule has 1 aliphatic rings. The normalized spacial score (nSPS) is 17.8. The molecule has 0 radical (unpaired) electrons. The third kappa shape index (κ3) is 2.13. The molecule has 2 rings (SSSR count). The summed E-state index contributed by atoms with van der Waals surface area (Å²) in [6.07, 6.45) is 2.28. The first-order valence-corrected chi connectivity index (χ1v) is 5.88. The predicted molar refractivity (Wildman–Crippen MR) is 66.2 cm³/mol. The number of benzene rings is 1. The van der Waals surface area contributed by atoms with Gasteiger partial charge in [-0.05, 0) is 43.4 Å². The second-order valence-corrected chi connectivity index (χ2v) is 4.83. The lowest BCUT2D eigenvalue weighted by Gasteiger charge is -2.32. The number of halogens is 1. The molecule has 1 fully saturated rings. The predicted octanol–water partition coefficient (Wildman–Crippen LogP) is 2.95. The summed E-state index contributed by atoms with van der Waals surface area (Å²) in [6.45, 7) is 6.07. The Kier molecular flexibility index (Phi) is 3.03. The molecule has 88 valence electrons. The third-order valence-electron chi connectivity index (χ3n) is 3.46. The molecule has 3 heteroatoms. The number of anilines is 2. The van der Waals surface area contributed by atoms with Crippen molar-refractivity contribution in [3.8, 4) is 0 Å². The van der Waals surface area contributed by atoms with E-state index in [1.807, 2.05) is 13.0 Å². The molecule has 2 nitrogen and oxygen atoms in total. The van der Waals surface area contributed by atoms with Crippen LogP contribution < -0.4 is 10.6 Å². The van der Waals surface area contributed by atoms with E-state index in [0.29, 0.717) is 11.4 Å². The maximum atomic E-state index is 13.8. The summed E-state index contributed by atoms with van der Waals surface area (Å²) in [5.74, 6) is 0.562. The second-order valence-electron chi connectivity index (χ2n) is 4.83. The van der Waals surface area contributed by atoms with Gasteiger partial charge in [0.25, 0.3) is 0 Å². The molecule has 1 heterocycles. The minimum absolute atomic E-state index is 0.197. The number of nitrogens with two attached hydrogens (primary N) is 1. The highest BCUT2D eigenvalue weighted by Crippen LogP contribution is 2.28. The van der Waals surface area contributed by atoms with E-state index in [0.717, 1.165) is 37.4 Å². The maximum Gasteiger partial charge on any atom is 0.148 e. The molecule has 1 aromatic carbocycles. The van der Waals surface area contributed by atoms with Crippen molar-refractivity contribution < 1.29 is 4.39 Å². The molecule has 1 aromatic rings. The van der Waals surface area contributed by atoms with Crippen molar-refractivity contribution in [3.63, 3.8) is 0 Å².